The third kappa shape index (κ3) is 10.8. The Morgan fingerprint density at radius 3 is 1.33 bits per heavy atom. The summed E-state index contributed by atoms with van der Waals surface area (Å²) in [6, 6.07) is 18.0. The van der Waals surface area contributed by atoms with Gasteiger partial charge in [0.25, 0.3) is 22.2 Å². The molecule has 76 heavy (non-hydrogen) atoms. The first kappa shape index (κ1) is 56.2. The van der Waals surface area contributed by atoms with Crippen molar-refractivity contribution in [3.05, 3.63) is 110 Å². The molecule has 9 aromatic rings. The molecule has 0 saturated carbocycles. The highest BCUT2D eigenvalue weighted by atomic mass is 32.1. The second-order valence-corrected chi connectivity index (χ2v) is 27.1. The van der Waals surface area contributed by atoms with Gasteiger partial charge in [-0.15, -0.1) is 45.3 Å². The zero-order valence-corrected chi connectivity index (χ0v) is 50.5. The van der Waals surface area contributed by atoms with E-state index in [1.165, 1.54) is 111 Å². The molecule has 0 spiro atoms. The fourth-order valence-electron chi connectivity index (χ4n) is 12.4. The molecule has 4 unspecified atom stereocenters. The van der Waals surface area contributed by atoms with E-state index in [-0.39, 0.29) is 34.1 Å². The molecule has 4 atom stereocenters. The summed E-state index contributed by atoms with van der Waals surface area (Å²) in [4.78, 5) is 67.9. The molecule has 0 saturated heterocycles. The lowest BCUT2D eigenvalue weighted by Crippen LogP contribution is -2.29. The third-order valence-corrected chi connectivity index (χ3v) is 21.7. The summed E-state index contributed by atoms with van der Waals surface area (Å²) in [7, 11) is 0. The lowest BCUT2D eigenvalue weighted by atomic mass is 9.94. The average Bonchev–Trinajstić information content (AvgIpc) is 4.44. The van der Waals surface area contributed by atoms with Crippen LogP contribution in [0.1, 0.15) is 178 Å². The minimum Gasteiger partial charge on any atom is -0.274 e. The van der Waals surface area contributed by atoms with Crippen LogP contribution in [0.4, 0.5) is 0 Å². The van der Waals surface area contributed by atoms with Crippen molar-refractivity contribution >= 4 is 97.8 Å². The van der Waals surface area contributed by atoms with Crippen molar-refractivity contribution in [2.24, 2.45) is 23.7 Å². The molecule has 6 heterocycles. The number of hydrogen-bond donors (Lipinski definition) is 0. The number of nitrogens with zero attached hydrogens (tertiary/aromatic N) is 2. The Kier molecular flexibility index (Phi) is 18.3. The zero-order chi connectivity index (χ0) is 53.9. The summed E-state index contributed by atoms with van der Waals surface area (Å²) in [5, 5.41) is 5.15. The van der Waals surface area contributed by atoms with Gasteiger partial charge in [0.1, 0.15) is 0 Å². The topological polar surface area (TPSA) is 78.1 Å². The van der Waals surface area contributed by atoms with Gasteiger partial charge in [-0.25, -0.2) is 0 Å². The smallest absolute Gasteiger partial charge is 0.262 e. The van der Waals surface area contributed by atoms with Crippen LogP contribution in [0.25, 0.3) is 83.8 Å². The molecule has 0 bridgehead atoms. The molecule has 0 N–H and O–H groups in total. The molecular formula is C66H82N2O4S4. The maximum atomic E-state index is 15.4. The predicted molar refractivity (Wildman–Crippen MR) is 335 cm³/mol. The lowest BCUT2D eigenvalue weighted by Gasteiger charge is -2.13. The van der Waals surface area contributed by atoms with Gasteiger partial charge in [-0.05, 0) is 128 Å². The Morgan fingerprint density at radius 2 is 0.842 bits per heavy atom. The largest absolute Gasteiger partial charge is 0.274 e. The average molecular weight is 1100 g/mol. The fourth-order valence-corrected chi connectivity index (χ4v) is 17.3. The van der Waals surface area contributed by atoms with Gasteiger partial charge in [0.2, 0.25) is 0 Å². The first-order valence-electron chi connectivity index (χ1n) is 29.4. The first-order valence-corrected chi connectivity index (χ1v) is 32.6. The van der Waals surface area contributed by atoms with Crippen molar-refractivity contribution in [3.63, 3.8) is 0 Å². The van der Waals surface area contributed by atoms with E-state index in [0.717, 1.165) is 74.5 Å². The number of aryl methyl sites for hydroxylation is 2. The summed E-state index contributed by atoms with van der Waals surface area (Å²) >= 11 is 7.43. The van der Waals surface area contributed by atoms with Crippen molar-refractivity contribution in [3.8, 4) is 31.3 Å². The van der Waals surface area contributed by atoms with Crippen LogP contribution in [-0.4, -0.2) is 9.13 Å². The number of fused-ring (bicyclic) bond motifs is 7. The quantitative estimate of drug-likeness (QED) is 0.0514. The molecule has 10 heteroatoms. The van der Waals surface area contributed by atoms with Gasteiger partial charge in [-0.3, -0.25) is 28.3 Å². The highest BCUT2D eigenvalue weighted by molar-refractivity contribution is 7.25. The predicted octanol–water partition coefficient (Wildman–Crippen LogP) is 19.2. The van der Waals surface area contributed by atoms with Crippen LogP contribution >= 0.6 is 45.3 Å². The fraction of sp³-hybridized carbons (Fsp3) is 0.515. The van der Waals surface area contributed by atoms with Crippen molar-refractivity contribution in [1.29, 1.82) is 0 Å². The summed E-state index contributed by atoms with van der Waals surface area (Å²) in [5.41, 5.74) is 2.68. The second kappa shape index (κ2) is 24.7. The highest BCUT2D eigenvalue weighted by Crippen LogP contribution is 2.54. The number of aromatic nitrogens is 2. The lowest BCUT2D eigenvalue weighted by molar-refractivity contribution is 0.384. The molecule has 0 aliphatic rings. The van der Waals surface area contributed by atoms with Gasteiger partial charge in [0, 0.05) is 79.2 Å². The van der Waals surface area contributed by atoms with Crippen LogP contribution in [0.15, 0.2) is 67.7 Å². The van der Waals surface area contributed by atoms with E-state index in [2.05, 4.69) is 98.7 Å². The summed E-state index contributed by atoms with van der Waals surface area (Å²) in [6.45, 7) is 22.7. The van der Waals surface area contributed by atoms with E-state index < -0.39 is 0 Å². The Balaban J connectivity index is 1.36. The van der Waals surface area contributed by atoms with E-state index in [0.29, 0.717) is 68.4 Å². The van der Waals surface area contributed by atoms with Crippen molar-refractivity contribution in [1.82, 2.24) is 9.13 Å². The van der Waals surface area contributed by atoms with Crippen molar-refractivity contribution < 1.29 is 0 Å². The molecule has 0 fully saturated rings. The molecule has 0 amide bonds. The van der Waals surface area contributed by atoms with Crippen LogP contribution in [0.3, 0.4) is 0 Å². The van der Waals surface area contributed by atoms with Crippen LogP contribution in [0, 0.1) is 37.5 Å². The Morgan fingerprint density at radius 1 is 0.421 bits per heavy atom. The summed E-state index contributed by atoms with van der Waals surface area (Å²) < 4.78 is 5.43. The van der Waals surface area contributed by atoms with Crippen molar-refractivity contribution in [2.45, 2.75) is 198 Å². The number of thiophene rings is 4. The molecule has 6 aromatic heterocycles. The molecule has 3 aromatic carbocycles. The number of rotatable bonds is 27. The van der Waals surface area contributed by atoms with E-state index in [1.807, 2.05) is 53.1 Å². The third-order valence-electron chi connectivity index (χ3n) is 17.2. The first-order chi connectivity index (χ1) is 36.8. The van der Waals surface area contributed by atoms with E-state index in [4.69, 9.17) is 0 Å². The van der Waals surface area contributed by atoms with Crippen LogP contribution < -0.4 is 22.2 Å². The number of unbranched alkanes of at least 4 members (excludes halogenated alkanes) is 4. The molecular weight excluding hydrogens is 1010 g/mol. The van der Waals surface area contributed by atoms with Crippen LogP contribution in [-0.2, 0) is 25.9 Å². The number of hydrogen-bond acceptors (Lipinski definition) is 8. The molecule has 9 rings (SSSR count). The van der Waals surface area contributed by atoms with Crippen molar-refractivity contribution in [2.75, 3.05) is 0 Å². The number of benzene rings is 3. The molecule has 404 valence electrons. The Hall–Kier alpha value is -4.48. The normalized spacial score (nSPS) is 13.9. The van der Waals surface area contributed by atoms with Gasteiger partial charge >= 0.3 is 0 Å². The van der Waals surface area contributed by atoms with Crippen LogP contribution in [0.2, 0.25) is 0 Å². The highest BCUT2D eigenvalue weighted by Gasteiger charge is 2.30. The standard InChI is InChI=1S/C66H82N2O4S4/c1-11-19-23-41(15-5)33-45-27-29-52(74-45)56-50-32-40(10)73-61(50)57(53-30-28-46(75-53)34-42(16-6)24-20-12-2)51-36-54(76-62(51)56)49-35-48-47(59-60(49)66(72)68(65(59)71)38-44(18-8)26-22-14-4)31-39(9)55-58(48)64(70)67(63(55)69)37-43(17-7)25-21-13-3/h27-32,35-36,41-44H,11-26,33-34,37-38H2,1-10H3. The van der Waals surface area contributed by atoms with Gasteiger partial charge < -0.3 is 0 Å². The van der Waals surface area contributed by atoms with E-state index in [9.17, 15) is 4.79 Å². The monoisotopic (exact) mass is 1090 g/mol. The summed E-state index contributed by atoms with van der Waals surface area (Å²) in [5.74, 6) is 1.67. The summed E-state index contributed by atoms with van der Waals surface area (Å²) in [6.07, 6.45) is 19.7. The van der Waals surface area contributed by atoms with Gasteiger partial charge in [-0.1, -0.05) is 145 Å². The Bertz CT molecular complexity index is 3600. The molecule has 6 nitrogen and oxygen atoms in total. The van der Waals surface area contributed by atoms with Gasteiger partial charge in [0.05, 0.1) is 21.5 Å². The van der Waals surface area contributed by atoms with Gasteiger partial charge in [0.15, 0.2) is 0 Å². The minimum absolute atomic E-state index is 0.172. The van der Waals surface area contributed by atoms with E-state index >= 15 is 14.4 Å². The maximum Gasteiger partial charge on any atom is 0.262 e. The minimum atomic E-state index is -0.301. The second-order valence-electron chi connectivity index (χ2n) is 22.5. The molecule has 0 aliphatic carbocycles. The zero-order valence-electron chi connectivity index (χ0n) is 47.2. The molecule has 0 radical (unpaired) electrons. The van der Waals surface area contributed by atoms with Gasteiger partial charge in [-0.2, -0.15) is 0 Å². The maximum absolute atomic E-state index is 15.4. The van der Waals surface area contributed by atoms with Crippen LogP contribution in [0.5, 0.6) is 0 Å². The SMILES string of the molecule is CCCCC(CC)Cc1ccc(-c2c3cc(-c4cc5c(cc(C)c6c(=O)n(CC(CC)CCCC)c(=O)c65)c5c(=O)n(CC(CC)CCCC)c(=O)c45)sc3c(-c3ccc(CC(CC)CCCC)s3)c3cc(C)sc23)s1. The van der Waals surface area contributed by atoms with E-state index in [1.54, 1.807) is 11.3 Å². The Labute approximate surface area is 466 Å². The molecule has 0 aliphatic heterocycles.